The topological polar surface area (TPSA) is 163 Å². The Morgan fingerprint density at radius 1 is 1.41 bits per heavy atom. The molecule has 17 heavy (non-hydrogen) atoms. The molecule has 0 saturated heterocycles. The average molecular weight is 280 g/mol. The third kappa shape index (κ3) is 4.36. The number of ether oxygens (including phenoxy) is 1. The normalized spacial score (nSPS) is 26.8. The van der Waals surface area contributed by atoms with Gasteiger partial charge in [0.25, 0.3) is 0 Å². The molecule has 0 bridgehead atoms. The zero-order valence-electron chi connectivity index (χ0n) is 8.42. The van der Waals surface area contributed by atoms with Gasteiger partial charge in [-0.15, -0.1) is 0 Å². The van der Waals surface area contributed by atoms with Gasteiger partial charge in [-0.2, -0.15) is 0 Å². The van der Waals surface area contributed by atoms with E-state index in [2.05, 4.69) is 9.26 Å². The summed E-state index contributed by atoms with van der Waals surface area (Å²) in [6.07, 6.45) is -5.15. The molecule has 0 fully saturated rings. The first kappa shape index (κ1) is 17.1. The van der Waals surface area contributed by atoms with Crippen molar-refractivity contribution in [2.45, 2.75) is 18.5 Å². The van der Waals surface area contributed by atoms with Gasteiger partial charge in [-0.1, -0.05) is 0 Å². The van der Waals surface area contributed by atoms with Gasteiger partial charge in [0.15, 0.2) is 11.5 Å². The number of hydrogen-bond donors (Lipinski definition) is 4. The van der Waals surface area contributed by atoms with Crippen LogP contribution in [0.2, 0.25) is 0 Å². The summed E-state index contributed by atoms with van der Waals surface area (Å²) in [5.41, 5.74) is 0. The van der Waals surface area contributed by atoms with Gasteiger partial charge in [-0.05, 0) is 0 Å². The minimum Gasteiger partial charge on any atom is -0.790 e. The molecule has 0 amide bonds. The summed E-state index contributed by atoms with van der Waals surface area (Å²) in [6, 6.07) is 0. The molecule has 0 aromatic heterocycles. The molecule has 1 aliphatic rings. The maximum atomic E-state index is 10.2. The molecule has 1 heterocycles. The summed E-state index contributed by atoms with van der Waals surface area (Å²) in [7, 11) is -5.42. The second-order valence-electron chi connectivity index (χ2n) is 2.96. The van der Waals surface area contributed by atoms with E-state index in [0.717, 1.165) is 0 Å². The third-order valence-corrected chi connectivity index (χ3v) is 2.24. The molecule has 0 saturated carbocycles. The van der Waals surface area contributed by atoms with Crippen molar-refractivity contribution in [3.05, 3.63) is 11.5 Å². The van der Waals surface area contributed by atoms with Crippen LogP contribution in [0, 0.1) is 0 Å². The van der Waals surface area contributed by atoms with Crippen molar-refractivity contribution >= 4 is 30.9 Å². The van der Waals surface area contributed by atoms with Gasteiger partial charge in [-0.25, -0.2) is 0 Å². The van der Waals surface area contributed by atoms with Crippen LogP contribution in [0.1, 0.15) is 0 Å². The molecule has 3 atom stereocenters. The van der Waals surface area contributed by atoms with Crippen molar-refractivity contribution in [3.8, 4) is 0 Å². The predicted octanol–water partition coefficient (Wildman–Crippen LogP) is -3.14. The number of phosphoric acid groups is 1. The Morgan fingerprint density at radius 3 is 2.35 bits per heavy atom. The number of rotatable bonds is 4. The van der Waals surface area contributed by atoms with E-state index in [1.165, 1.54) is 0 Å². The third-order valence-electron chi connectivity index (χ3n) is 1.79. The van der Waals surface area contributed by atoms with Crippen LogP contribution < -0.4 is 9.79 Å². The average Bonchev–Trinajstić information content (AvgIpc) is 2.43. The molecular weight excluding hydrogens is 271 g/mol. The van der Waals surface area contributed by atoms with Gasteiger partial charge < -0.3 is 44.0 Å². The molecule has 9 nitrogen and oxygen atoms in total. The molecule has 0 aromatic rings. The maximum absolute atomic E-state index is 10.2. The fourth-order valence-corrected chi connectivity index (χ4v) is 1.47. The molecule has 0 spiro atoms. The number of aliphatic hydroxyl groups is 4. The van der Waals surface area contributed by atoms with Crippen LogP contribution in [-0.2, 0) is 13.8 Å². The summed E-state index contributed by atoms with van der Waals surface area (Å²) in [6.45, 7) is -0.804. The summed E-state index contributed by atoms with van der Waals surface area (Å²) in [4.78, 5) is 20.5. The minimum atomic E-state index is -5.42. The van der Waals surface area contributed by atoms with E-state index < -0.39 is 44.4 Å². The molecule has 0 aromatic carbocycles. The van der Waals surface area contributed by atoms with Crippen molar-refractivity contribution < 1.29 is 44.0 Å². The van der Waals surface area contributed by atoms with Crippen LogP contribution in [0.4, 0.5) is 0 Å². The molecule has 0 radical (unpaired) electrons. The summed E-state index contributed by atoms with van der Waals surface area (Å²) in [5.74, 6) is -1.94. The van der Waals surface area contributed by atoms with Crippen LogP contribution >= 0.6 is 7.82 Å². The number of hydrogen-bond acceptors (Lipinski definition) is 9. The van der Waals surface area contributed by atoms with Gasteiger partial charge in [0.2, 0.25) is 6.29 Å². The van der Waals surface area contributed by atoms with Crippen LogP contribution in [0.3, 0.4) is 0 Å². The number of aliphatic hydroxyl groups excluding tert-OH is 4. The first-order chi connectivity index (χ1) is 7.26. The summed E-state index contributed by atoms with van der Waals surface area (Å²) < 4.78 is 18.5. The molecule has 1 rings (SSSR count). The maximum Gasteiger partial charge on any atom is 2.00 e. The van der Waals surface area contributed by atoms with E-state index >= 15 is 0 Å². The van der Waals surface area contributed by atoms with Gasteiger partial charge in [0.05, 0.1) is 14.4 Å². The predicted molar refractivity (Wildman–Crippen MR) is 48.5 cm³/mol. The van der Waals surface area contributed by atoms with Crippen LogP contribution in [0.5, 0.6) is 0 Å². The van der Waals surface area contributed by atoms with Crippen LogP contribution in [0.25, 0.3) is 0 Å². The smallest absolute Gasteiger partial charge is 0.790 e. The Morgan fingerprint density at radius 2 is 1.94 bits per heavy atom. The van der Waals surface area contributed by atoms with Gasteiger partial charge in [0.1, 0.15) is 12.2 Å². The quantitative estimate of drug-likeness (QED) is 0.307. The zero-order chi connectivity index (χ0) is 12.5. The van der Waals surface area contributed by atoms with Gasteiger partial charge in [-0.3, -0.25) is 0 Å². The first-order valence-corrected chi connectivity index (χ1v) is 5.49. The Bertz CT molecular complexity index is 338. The monoisotopic (exact) mass is 280 g/mol. The van der Waals surface area contributed by atoms with Gasteiger partial charge >= 0.3 is 23.1 Å². The SMILES string of the molecule is O=P([O-])([O-])OC1OC(C(O)CO)C(O)=C1O.[Mg+2]. The van der Waals surface area contributed by atoms with Crippen molar-refractivity contribution in [2.75, 3.05) is 6.61 Å². The van der Waals surface area contributed by atoms with Crippen molar-refractivity contribution in [3.63, 3.8) is 0 Å². The zero-order valence-corrected chi connectivity index (χ0v) is 10.7. The van der Waals surface area contributed by atoms with Crippen LogP contribution in [-0.4, -0.2) is 68.6 Å². The van der Waals surface area contributed by atoms with E-state index in [-0.39, 0.29) is 23.1 Å². The Kier molecular flexibility index (Phi) is 6.35. The molecule has 3 unspecified atom stereocenters. The van der Waals surface area contributed by atoms with E-state index in [1.807, 2.05) is 0 Å². The van der Waals surface area contributed by atoms with E-state index in [4.69, 9.17) is 15.3 Å². The Labute approximate surface area is 112 Å². The first-order valence-electron chi connectivity index (χ1n) is 4.03. The second-order valence-corrected chi connectivity index (χ2v) is 4.07. The molecule has 4 N–H and O–H groups in total. The van der Waals surface area contributed by atoms with Crippen molar-refractivity contribution in [2.24, 2.45) is 0 Å². The molecule has 0 aliphatic carbocycles. The molecular formula is C6H9MgO9P. The number of phosphoric ester groups is 1. The standard InChI is InChI=1S/C6H11O9P.Mg/c7-1-2(8)5-3(9)4(10)6(14-5)15-16(11,12)13;/h2,5-10H,1H2,(H2,11,12,13);/q;+2/p-2. The second kappa shape index (κ2) is 6.32. The van der Waals surface area contributed by atoms with E-state index in [0.29, 0.717) is 0 Å². The fraction of sp³-hybridized carbons (Fsp3) is 0.667. The van der Waals surface area contributed by atoms with Crippen molar-refractivity contribution in [1.29, 1.82) is 0 Å². The minimum absolute atomic E-state index is 0. The van der Waals surface area contributed by atoms with Crippen molar-refractivity contribution in [1.82, 2.24) is 0 Å². The molecule has 1 aliphatic heterocycles. The van der Waals surface area contributed by atoms with Gasteiger partial charge in [0, 0.05) is 0 Å². The van der Waals surface area contributed by atoms with E-state index in [1.54, 1.807) is 0 Å². The summed E-state index contributed by atoms with van der Waals surface area (Å²) in [5, 5.41) is 36.0. The Balaban J connectivity index is 0.00000256. The van der Waals surface area contributed by atoms with E-state index in [9.17, 15) is 19.5 Å². The molecule has 94 valence electrons. The largest absolute Gasteiger partial charge is 2.00 e. The van der Waals surface area contributed by atoms with Crippen LogP contribution in [0.15, 0.2) is 11.5 Å². The molecule has 11 heteroatoms. The fourth-order valence-electron chi connectivity index (χ4n) is 1.09. The summed E-state index contributed by atoms with van der Waals surface area (Å²) >= 11 is 0. The Hall–Kier alpha value is 0.0962.